The maximum Gasteiger partial charge on any atom is 0.274 e. The molecule has 36 heavy (non-hydrogen) atoms. The van der Waals surface area contributed by atoms with Crippen molar-refractivity contribution in [2.45, 2.75) is 17.6 Å². The fourth-order valence-electron chi connectivity index (χ4n) is 5.04. The first-order valence-corrected chi connectivity index (χ1v) is 13.6. The Bertz CT molecular complexity index is 1600. The van der Waals surface area contributed by atoms with E-state index in [-0.39, 0.29) is 22.2 Å². The first kappa shape index (κ1) is 22.7. The van der Waals surface area contributed by atoms with Gasteiger partial charge < -0.3 is 9.64 Å². The van der Waals surface area contributed by atoms with Crippen molar-refractivity contribution in [1.82, 2.24) is 14.7 Å². The van der Waals surface area contributed by atoms with Crippen molar-refractivity contribution in [3.63, 3.8) is 0 Å². The van der Waals surface area contributed by atoms with Crippen molar-refractivity contribution >= 4 is 15.7 Å². The number of benzene rings is 3. The van der Waals surface area contributed by atoms with Crippen LogP contribution >= 0.6 is 0 Å². The van der Waals surface area contributed by atoms with E-state index in [1.54, 1.807) is 27.8 Å². The number of nitrogens with zero attached hydrogens (tertiary/aromatic N) is 3. The van der Waals surface area contributed by atoms with Gasteiger partial charge in [-0.15, -0.1) is 0 Å². The molecule has 0 unspecified atom stereocenters. The van der Waals surface area contributed by atoms with Gasteiger partial charge >= 0.3 is 0 Å². The summed E-state index contributed by atoms with van der Waals surface area (Å²) in [6.45, 7) is 3.87. The van der Waals surface area contributed by atoms with Crippen LogP contribution in [0.1, 0.15) is 21.6 Å². The zero-order chi connectivity index (χ0) is 24.9. The lowest BCUT2D eigenvalue weighted by Crippen LogP contribution is -2.41. The lowest BCUT2D eigenvalue weighted by molar-refractivity contribution is 0.0298. The summed E-state index contributed by atoms with van der Waals surface area (Å²) in [6, 6.07) is 23.1. The van der Waals surface area contributed by atoms with Crippen molar-refractivity contribution in [3.8, 4) is 28.1 Å². The fraction of sp³-hybridized carbons (Fsp3) is 0.214. The molecule has 0 N–H and O–H groups in total. The minimum Gasteiger partial charge on any atom is -0.378 e. The molecule has 8 heteroatoms. The van der Waals surface area contributed by atoms with Gasteiger partial charge in [0.2, 0.25) is 0 Å². The number of aryl methyl sites for hydroxylation is 1. The minimum atomic E-state index is -3.62. The Hall–Kier alpha value is -3.75. The van der Waals surface area contributed by atoms with Gasteiger partial charge in [0.25, 0.3) is 5.91 Å². The average Bonchev–Trinajstić information content (AvgIpc) is 3.28. The Morgan fingerprint density at radius 1 is 0.917 bits per heavy atom. The number of aromatic nitrogens is 2. The fourth-order valence-corrected chi connectivity index (χ4v) is 6.64. The standard InChI is InChI=1S/C28H25N3O4S/c1-19-7-2-3-10-22(19)20-8-6-9-21(17-20)31-27-23-11-4-5-12-25(23)36(33,34)18-24(27)26(29-31)28(32)30-13-15-35-16-14-30/h2-12,17H,13-16,18H2,1H3. The van der Waals surface area contributed by atoms with Crippen LogP contribution in [0.4, 0.5) is 0 Å². The highest BCUT2D eigenvalue weighted by atomic mass is 32.2. The van der Waals surface area contributed by atoms with Gasteiger partial charge in [0.05, 0.1) is 35.2 Å². The molecule has 0 bridgehead atoms. The van der Waals surface area contributed by atoms with Crippen LogP contribution in [-0.2, 0) is 20.3 Å². The van der Waals surface area contributed by atoms with Crippen LogP contribution in [-0.4, -0.2) is 55.3 Å². The monoisotopic (exact) mass is 499 g/mol. The molecule has 1 aromatic heterocycles. The maximum absolute atomic E-state index is 13.6. The Kier molecular flexibility index (Phi) is 5.50. The predicted octanol–water partition coefficient (Wildman–Crippen LogP) is 4.27. The molecule has 2 aliphatic rings. The van der Waals surface area contributed by atoms with Crippen LogP contribution in [0, 0.1) is 6.92 Å². The van der Waals surface area contributed by atoms with Crippen LogP contribution in [0.5, 0.6) is 0 Å². The van der Waals surface area contributed by atoms with Crippen LogP contribution in [0.2, 0.25) is 0 Å². The summed E-state index contributed by atoms with van der Waals surface area (Å²) in [6.07, 6.45) is 0. The van der Waals surface area contributed by atoms with E-state index in [1.165, 1.54) is 0 Å². The number of rotatable bonds is 3. The first-order valence-electron chi connectivity index (χ1n) is 11.9. The molecule has 1 fully saturated rings. The van der Waals surface area contributed by atoms with E-state index in [1.807, 2.05) is 42.5 Å². The summed E-state index contributed by atoms with van der Waals surface area (Å²) in [5.41, 5.74) is 5.89. The molecule has 1 amide bonds. The molecule has 3 aromatic carbocycles. The molecule has 6 rings (SSSR count). The van der Waals surface area contributed by atoms with Gasteiger partial charge in [-0.1, -0.05) is 54.6 Å². The molecule has 182 valence electrons. The third-order valence-corrected chi connectivity index (χ3v) is 8.54. The largest absolute Gasteiger partial charge is 0.378 e. The second-order valence-corrected chi connectivity index (χ2v) is 11.1. The zero-order valence-electron chi connectivity index (χ0n) is 19.8. The second-order valence-electron chi connectivity index (χ2n) is 9.11. The summed E-state index contributed by atoms with van der Waals surface area (Å²) < 4.78 is 33.6. The number of carbonyl (C=O) groups is 1. The van der Waals surface area contributed by atoms with Crippen molar-refractivity contribution in [3.05, 3.63) is 89.6 Å². The van der Waals surface area contributed by atoms with Gasteiger partial charge in [0.1, 0.15) is 0 Å². The van der Waals surface area contributed by atoms with Gasteiger partial charge in [0.15, 0.2) is 15.5 Å². The van der Waals surface area contributed by atoms with Crippen LogP contribution in [0.3, 0.4) is 0 Å². The quantitative estimate of drug-likeness (QED) is 0.420. The number of amides is 1. The maximum atomic E-state index is 13.6. The van der Waals surface area contributed by atoms with Gasteiger partial charge in [-0.2, -0.15) is 5.10 Å². The number of hydrogen-bond acceptors (Lipinski definition) is 5. The van der Waals surface area contributed by atoms with E-state index >= 15 is 0 Å². The molecule has 0 atom stereocenters. The van der Waals surface area contributed by atoms with E-state index < -0.39 is 9.84 Å². The summed E-state index contributed by atoms with van der Waals surface area (Å²) >= 11 is 0. The second kappa shape index (κ2) is 8.72. The van der Waals surface area contributed by atoms with E-state index in [4.69, 9.17) is 9.84 Å². The number of morpholine rings is 1. The number of hydrogen-bond donors (Lipinski definition) is 0. The van der Waals surface area contributed by atoms with Crippen LogP contribution in [0.25, 0.3) is 28.1 Å². The molecule has 3 heterocycles. The smallest absolute Gasteiger partial charge is 0.274 e. The van der Waals surface area contributed by atoms with Crippen molar-refractivity contribution in [2.24, 2.45) is 0 Å². The summed E-state index contributed by atoms with van der Waals surface area (Å²) in [4.78, 5) is 15.5. The Morgan fingerprint density at radius 3 is 2.42 bits per heavy atom. The molecule has 0 saturated carbocycles. The minimum absolute atomic E-state index is 0.186. The van der Waals surface area contributed by atoms with Crippen LogP contribution < -0.4 is 0 Å². The van der Waals surface area contributed by atoms with Gasteiger partial charge in [-0.25, -0.2) is 13.1 Å². The third-order valence-electron chi connectivity index (χ3n) is 6.84. The van der Waals surface area contributed by atoms with Crippen LogP contribution in [0.15, 0.2) is 77.7 Å². The molecule has 4 aromatic rings. The Balaban J connectivity index is 1.57. The molecule has 7 nitrogen and oxygen atoms in total. The molecule has 0 radical (unpaired) electrons. The lowest BCUT2D eigenvalue weighted by Gasteiger charge is -2.26. The number of carbonyl (C=O) groups excluding carboxylic acids is 1. The summed E-state index contributed by atoms with van der Waals surface area (Å²) in [5.74, 6) is -0.527. The van der Waals surface area contributed by atoms with E-state index in [2.05, 4.69) is 19.1 Å². The highest BCUT2D eigenvalue weighted by molar-refractivity contribution is 7.90. The molecule has 0 aliphatic carbocycles. The third kappa shape index (κ3) is 3.73. The molecule has 2 aliphatic heterocycles. The van der Waals surface area contributed by atoms with Crippen molar-refractivity contribution < 1.29 is 17.9 Å². The zero-order valence-corrected chi connectivity index (χ0v) is 20.7. The Labute approximate surface area is 209 Å². The van der Waals surface area contributed by atoms with E-state index in [0.29, 0.717) is 43.1 Å². The Morgan fingerprint density at radius 2 is 1.64 bits per heavy atom. The van der Waals surface area contributed by atoms with Crippen molar-refractivity contribution in [2.75, 3.05) is 26.3 Å². The molecule has 1 saturated heterocycles. The average molecular weight is 500 g/mol. The first-order chi connectivity index (χ1) is 17.4. The topological polar surface area (TPSA) is 81.5 Å². The normalized spacial score (nSPS) is 16.3. The van der Waals surface area contributed by atoms with E-state index in [0.717, 1.165) is 22.4 Å². The highest BCUT2D eigenvalue weighted by Gasteiger charge is 2.37. The van der Waals surface area contributed by atoms with Gasteiger partial charge in [-0.3, -0.25) is 4.79 Å². The lowest BCUT2D eigenvalue weighted by atomic mass is 10.00. The SMILES string of the molecule is Cc1ccccc1-c1cccc(-n2nc(C(=O)N3CCOCC3)c3c2-c2ccccc2S(=O)(=O)C3)c1. The van der Waals surface area contributed by atoms with Gasteiger partial charge in [-0.05, 0) is 41.8 Å². The van der Waals surface area contributed by atoms with Gasteiger partial charge in [0, 0.05) is 24.2 Å². The molecule has 0 spiro atoms. The highest BCUT2D eigenvalue weighted by Crippen LogP contribution is 2.41. The summed E-state index contributed by atoms with van der Waals surface area (Å²) in [7, 11) is -3.62. The summed E-state index contributed by atoms with van der Waals surface area (Å²) in [5, 5.41) is 4.78. The van der Waals surface area contributed by atoms with Crippen molar-refractivity contribution in [1.29, 1.82) is 0 Å². The predicted molar refractivity (Wildman–Crippen MR) is 137 cm³/mol. The number of ether oxygens (including phenoxy) is 1. The molecular formula is C28H25N3O4S. The number of sulfone groups is 1. The van der Waals surface area contributed by atoms with E-state index in [9.17, 15) is 13.2 Å². The number of fused-ring (bicyclic) bond motifs is 3. The molecular weight excluding hydrogens is 474 g/mol.